The number of thiophene rings is 1. The number of rotatable bonds is 5. The largest absolute Gasteiger partial charge is 0.300 e. The van der Waals surface area contributed by atoms with E-state index in [2.05, 4.69) is 19.1 Å². The number of ketones is 1. The van der Waals surface area contributed by atoms with Gasteiger partial charge in [-0.3, -0.25) is 0 Å². The average Bonchev–Trinajstić information content (AvgIpc) is 2.52. The number of aryl methyl sites for hydroxylation is 2. The van der Waals surface area contributed by atoms with Crippen LogP contribution in [0.4, 0.5) is 0 Å². The van der Waals surface area contributed by atoms with Gasteiger partial charge in [-0.1, -0.05) is 6.92 Å². The second-order valence-electron chi connectivity index (χ2n) is 3.28. The third-order valence-electron chi connectivity index (χ3n) is 2.02. The zero-order valence-corrected chi connectivity index (χ0v) is 9.12. The number of Topliss-reactive ketones (excluding diaryl/α,β-unsaturated/α-hetero) is 1. The highest BCUT2D eigenvalue weighted by Gasteiger charge is 1.99. The van der Waals surface area contributed by atoms with Crippen LogP contribution in [0.3, 0.4) is 0 Å². The van der Waals surface area contributed by atoms with Crippen molar-refractivity contribution in [3.8, 4) is 0 Å². The van der Waals surface area contributed by atoms with Crippen LogP contribution in [0.5, 0.6) is 0 Å². The van der Waals surface area contributed by atoms with Crippen molar-refractivity contribution in [1.82, 2.24) is 0 Å². The Morgan fingerprint density at radius 1 is 1.38 bits per heavy atom. The Hall–Kier alpha value is -0.630. The molecule has 0 saturated carbocycles. The summed E-state index contributed by atoms with van der Waals surface area (Å²) in [5, 5.41) is 0. The summed E-state index contributed by atoms with van der Waals surface area (Å²) in [6, 6.07) is 4.37. The van der Waals surface area contributed by atoms with Crippen LogP contribution in [-0.4, -0.2) is 5.78 Å². The molecule has 0 bridgehead atoms. The van der Waals surface area contributed by atoms with Gasteiger partial charge in [0, 0.05) is 16.2 Å². The number of hydrogen-bond acceptors (Lipinski definition) is 2. The van der Waals surface area contributed by atoms with Gasteiger partial charge < -0.3 is 4.79 Å². The van der Waals surface area contributed by atoms with E-state index in [1.165, 1.54) is 9.75 Å². The molecule has 1 rings (SSSR count). The van der Waals surface area contributed by atoms with E-state index in [4.69, 9.17) is 0 Å². The molecule has 0 saturated heterocycles. The highest BCUT2D eigenvalue weighted by atomic mass is 32.1. The maximum atomic E-state index is 10.7. The summed E-state index contributed by atoms with van der Waals surface area (Å²) in [4.78, 5) is 13.6. The van der Waals surface area contributed by atoms with E-state index in [1.807, 2.05) is 11.3 Å². The standard InChI is InChI=1S/C11H16OS/c1-3-10-7-8-11(13-10)6-4-5-9(2)12/h7-8H,3-6H2,1-2H3. The van der Waals surface area contributed by atoms with E-state index in [1.54, 1.807) is 6.92 Å². The fourth-order valence-electron chi connectivity index (χ4n) is 1.26. The summed E-state index contributed by atoms with van der Waals surface area (Å²) in [5.41, 5.74) is 0. The summed E-state index contributed by atoms with van der Waals surface area (Å²) in [6.07, 6.45) is 3.90. The molecule has 0 unspecified atom stereocenters. The van der Waals surface area contributed by atoms with Crippen molar-refractivity contribution in [2.75, 3.05) is 0 Å². The van der Waals surface area contributed by atoms with Gasteiger partial charge in [0.15, 0.2) is 0 Å². The van der Waals surface area contributed by atoms with Gasteiger partial charge in [-0.15, -0.1) is 11.3 Å². The number of hydrogen-bond donors (Lipinski definition) is 0. The van der Waals surface area contributed by atoms with Gasteiger partial charge in [0.1, 0.15) is 5.78 Å². The maximum Gasteiger partial charge on any atom is 0.129 e. The lowest BCUT2D eigenvalue weighted by Gasteiger charge is -1.94. The maximum absolute atomic E-state index is 10.7. The predicted octanol–water partition coefficient (Wildman–Crippen LogP) is 3.22. The summed E-state index contributed by atoms with van der Waals surface area (Å²) < 4.78 is 0. The van der Waals surface area contributed by atoms with Crippen molar-refractivity contribution in [2.45, 2.75) is 39.5 Å². The molecule has 1 nitrogen and oxygen atoms in total. The van der Waals surface area contributed by atoms with Crippen LogP contribution in [0.2, 0.25) is 0 Å². The first-order valence-electron chi connectivity index (χ1n) is 4.79. The quantitative estimate of drug-likeness (QED) is 0.706. The summed E-state index contributed by atoms with van der Waals surface area (Å²) in [7, 11) is 0. The van der Waals surface area contributed by atoms with E-state index in [9.17, 15) is 4.79 Å². The van der Waals surface area contributed by atoms with Crippen molar-refractivity contribution in [3.05, 3.63) is 21.9 Å². The normalized spacial score (nSPS) is 10.3. The minimum Gasteiger partial charge on any atom is -0.300 e. The van der Waals surface area contributed by atoms with Crippen LogP contribution in [0.15, 0.2) is 12.1 Å². The topological polar surface area (TPSA) is 17.1 Å². The SMILES string of the molecule is CCc1ccc(CCCC(C)=O)s1. The Kier molecular flexibility index (Phi) is 4.16. The second kappa shape index (κ2) is 5.18. The van der Waals surface area contributed by atoms with Crippen LogP contribution in [0, 0.1) is 0 Å². The second-order valence-corrected chi connectivity index (χ2v) is 4.53. The number of carbonyl (C=O) groups is 1. The van der Waals surface area contributed by atoms with Crippen molar-refractivity contribution in [2.24, 2.45) is 0 Å². The van der Waals surface area contributed by atoms with Gasteiger partial charge in [0.25, 0.3) is 0 Å². The molecule has 0 aliphatic rings. The Morgan fingerprint density at radius 2 is 2.08 bits per heavy atom. The predicted molar refractivity (Wildman–Crippen MR) is 57.3 cm³/mol. The lowest BCUT2D eigenvalue weighted by atomic mass is 10.2. The van der Waals surface area contributed by atoms with Crippen molar-refractivity contribution < 1.29 is 4.79 Å². The van der Waals surface area contributed by atoms with Gasteiger partial charge in [-0.25, -0.2) is 0 Å². The average molecular weight is 196 g/mol. The molecule has 0 atom stereocenters. The fourth-order valence-corrected chi connectivity index (χ4v) is 2.26. The molecular formula is C11H16OS. The molecule has 0 radical (unpaired) electrons. The molecule has 0 amide bonds. The first-order chi connectivity index (χ1) is 6.22. The summed E-state index contributed by atoms with van der Waals surface area (Å²) in [5.74, 6) is 0.298. The third kappa shape index (κ3) is 3.73. The van der Waals surface area contributed by atoms with E-state index in [-0.39, 0.29) is 0 Å². The van der Waals surface area contributed by atoms with E-state index in [0.29, 0.717) is 5.78 Å². The Morgan fingerprint density at radius 3 is 2.62 bits per heavy atom. The molecule has 0 aliphatic carbocycles. The van der Waals surface area contributed by atoms with Crippen LogP contribution < -0.4 is 0 Å². The van der Waals surface area contributed by atoms with Gasteiger partial charge in [-0.05, 0) is 38.3 Å². The van der Waals surface area contributed by atoms with Crippen molar-refractivity contribution in [3.63, 3.8) is 0 Å². The van der Waals surface area contributed by atoms with Gasteiger partial charge in [0.05, 0.1) is 0 Å². The van der Waals surface area contributed by atoms with Crippen LogP contribution >= 0.6 is 11.3 Å². The van der Waals surface area contributed by atoms with E-state index < -0.39 is 0 Å². The van der Waals surface area contributed by atoms with Gasteiger partial charge in [-0.2, -0.15) is 0 Å². The molecule has 0 spiro atoms. The molecule has 0 aromatic carbocycles. The minimum absolute atomic E-state index is 0.298. The Bertz CT molecular complexity index is 275. The van der Waals surface area contributed by atoms with E-state index in [0.717, 1.165) is 25.7 Å². The fraction of sp³-hybridized carbons (Fsp3) is 0.545. The summed E-state index contributed by atoms with van der Waals surface area (Å²) in [6.45, 7) is 3.83. The molecule has 1 heterocycles. The van der Waals surface area contributed by atoms with Crippen molar-refractivity contribution in [1.29, 1.82) is 0 Å². The molecule has 0 aliphatic heterocycles. The van der Waals surface area contributed by atoms with Crippen molar-refractivity contribution >= 4 is 17.1 Å². The Labute approximate surface area is 83.8 Å². The first kappa shape index (κ1) is 10.5. The van der Waals surface area contributed by atoms with Crippen LogP contribution in [0.25, 0.3) is 0 Å². The highest BCUT2D eigenvalue weighted by Crippen LogP contribution is 2.18. The molecule has 0 fully saturated rings. The smallest absolute Gasteiger partial charge is 0.129 e. The molecule has 1 aromatic rings. The minimum atomic E-state index is 0.298. The zero-order chi connectivity index (χ0) is 9.68. The van der Waals surface area contributed by atoms with Crippen LogP contribution in [0.1, 0.15) is 36.4 Å². The van der Waals surface area contributed by atoms with E-state index >= 15 is 0 Å². The van der Waals surface area contributed by atoms with Crippen LogP contribution in [-0.2, 0) is 17.6 Å². The molecule has 2 heteroatoms. The Balaban J connectivity index is 2.32. The van der Waals surface area contributed by atoms with Gasteiger partial charge in [0.2, 0.25) is 0 Å². The lowest BCUT2D eigenvalue weighted by molar-refractivity contribution is -0.117. The monoisotopic (exact) mass is 196 g/mol. The molecule has 13 heavy (non-hydrogen) atoms. The molecule has 0 N–H and O–H groups in total. The molecule has 1 aromatic heterocycles. The highest BCUT2D eigenvalue weighted by molar-refractivity contribution is 7.11. The molecular weight excluding hydrogens is 180 g/mol. The zero-order valence-electron chi connectivity index (χ0n) is 8.30. The first-order valence-corrected chi connectivity index (χ1v) is 5.61. The lowest BCUT2D eigenvalue weighted by Crippen LogP contribution is -1.90. The molecule has 72 valence electrons. The summed E-state index contributed by atoms with van der Waals surface area (Å²) >= 11 is 1.87. The number of carbonyl (C=O) groups excluding carboxylic acids is 1. The third-order valence-corrected chi connectivity index (χ3v) is 3.31. The van der Waals surface area contributed by atoms with Gasteiger partial charge >= 0.3 is 0 Å².